The first kappa shape index (κ1) is 16.8. The summed E-state index contributed by atoms with van der Waals surface area (Å²) >= 11 is 0. The van der Waals surface area contributed by atoms with Crippen molar-refractivity contribution in [1.29, 1.82) is 0 Å². The number of hydrogen-bond donors (Lipinski definition) is 1. The molecule has 1 N–H and O–H groups in total. The highest BCUT2D eigenvalue weighted by atomic mass is 16.5. The van der Waals surface area contributed by atoms with Gasteiger partial charge in [0.15, 0.2) is 0 Å². The van der Waals surface area contributed by atoms with E-state index in [0.717, 1.165) is 42.2 Å². The molecule has 6 nitrogen and oxygen atoms in total. The number of piperidine rings is 1. The standard InChI is InChI=1S/C18H24N2O4/c1-12-16(11-20-8-4-5-13(21)10-20)19-18(24-12)15-9-14(22-2)6-7-17(15)23-3/h6-7,9,13,21H,4-5,8,10-11H2,1-3H3. The third-order valence-electron chi connectivity index (χ3n) is 4.38. The van der Waals surface area contributed by atoms with E-state index >= 15 is 0 Å². The highest BCUT2D eigenvalue weighted by Crippen LogP contribution is 2.34. The molecule has 2 aromatic rings. The van der Waals surface area contributed by atoms with Crippen LogP contribution in [0.1, 0.15) is 24.3 Å². The summed E-state index contributed by atoms with van der Waals surface area (Å²) < 4.78 is 16.6. The fourth-order valence-corrected chi connectivity index (χ4v) is 3.06. The van der Waals surface area contributed by atoms with E-state index in [1.807, 2.05) is 25.1 Å². The molecule has 24 heavy (non-hydrogen) atoms. The molecular weight excluding hydrogens is 308 g/mol. The molecule has 0 spiro atoms. The molecule has 1 atom stereocenters. The van der Waals surface area contributed by atoms with Crippen molar-refractivity contribution in [2.75, 3.05) is 27.3 Å². The number of nitrogens with zero attached hydrogens (tertiary/aromatic N) is 2. The lowest BCUT2D eigenvalue weighted by Crippen LogP contribution is -2.37. The van der Waals surface area contributed by atoms with Crippen molar-refractivity contribution in [3.8, 4) is 23.0 Å². The SMILES string of the molecule is COc1ccc(OC)c(-c2nc(CN3CCCC(O)C3)c(C)o2)c1. The fraction of sp³-hybridized carbons (Fsp3) is 0.500. The van der Waals surface area contributed by atoms with Gasteiger partial charge in [0.25, 0.3) is 0 Å². The Hall–Kier alpha value is -2.05. The van der Waals surface area contributed by atoms with Gasteiger partial charge in [-0.25, -0.2) is 4.98 Å². The minimum Gasteiger partial charge on any atom is -0.497 e. The fourth-order valence-electron chi connectivity index (χ4n) is 3.06. The zero-order valence-corrected chi connectivity index (χ0v) is 14.4. The van der Waals surface area contributed by atoms with Crippen LogP contribution in [0.25, 0.3) is 11.5 Å². The normalized spacial score (nSPS) is 18.6. The Kier molecular flexibility index (Phi) is 5.06. The number of β-amino-alcohol motifs (C(OH)–C–C–N with tert-alkyl or cyclic N) is 1. The van der Waals surface area contributed by atoms with Gasteiger partial charge in [-0.15, -0.1) is 0 Å². The summed E-state index contributed by atoms with van der Waals surface area (Å²) in [5, 5.41) is 9.82. The van der Waals surface area contributed by atoms with Crippen molar-refractivity contribution in [3.63, 3.8) is 0 Å². The number of rotatable bonds is 5. The van der Waals surface area contributed by atoms with E-state index in [2.05, 4.69) is 9.88 Å². The number of hydrogen-bond acceptors (Lipinski definition) is 6. The third-order valence-corrected chi connectivity index (χ3v) is 4.38. The summed E-state index contributed by atoms with van der Waals surface area (Å²) in [7, 11) is 3.25. The van der Waals surface area contributed by atoms with Crippen LogP contribution < -0.4 is 9.47 Å². The summed E-state index contributed by atoms with van der Waals surface area (Å²) in [6.07, 6.45) is 1.64. The molecule has 0 radical (unpaired) electrons. The first-order valence-corrected chi connectivity index (χ1v) is 8.20. The largest absolute Gasteiger partial charge is 0.497 e. The second-order valence-corrected chi connectivity index (χ2v) is 6.12. The van der Waals surface area contributed by atoms with Crippen LogP contribution in [0.4, 0.5) is 0 Å². The number of aliphatic hydroxyl groups excluding tert-OH is 1. The maximum absolute atomic E-state index is 9.82. The van der Waals surface area contributed by atoms with Crippen LogP contribution in [0.2, 0.25) is 0 Å². The maximum Gasteiger partial charge on any atom is 0.230 e. The number of aryl methyl sites for hydroxylation is 1. The van der Waals surface area contributed by atoms with Crippen molar-refractivity contribution >= 4 is 0 Å². The molecular formula is C18H24N2O4. The Morgan fingerprint density at radius 2 is 2.17 bits per heavy atom. The first-order valence-electron chi connectivity index (χ1n) is 8.20. The van der Waals surface area contributed by atoms with E-state index in [4.69, 9.17) is 13.9 Å². The lowest BCUT2D eigenvalue weighted by atomic mass is 10.1. The maximum atomic E-state index is 9.82. The predicted octanol–water partition coefficient (Wildman–Crippen LogP) is 2.62. The number of oxazole rings is 1. The number of aliphatic hydroxyl groups is 1. The highest BCUT2D eigenvalue weighted by molar-refractivity contribution is 5.65. The average molecular weight is 332 g/mol. The highest BCUT2D eigenvalue weighted by Gasteiger charge is 2.21. The van der Waals surface area contributed by atoms with Gasteiger partial charge < -0.3 is 19.0 Å². The second-order valence-electron chi connectivity index (χ2n) is 6.12. The molecule has 0 bridgehead atoms. The van der Waals surface area contributed by atoms with Crippen LogP contribution in [0.15, 0.2) is 22.6 Å². The van der Waals surface area contributed by atoms with Gasteiger partial charge in [-0.2, -0.15) is 0 Å². The Bertz CT molecular complexity index is 698. The van der Waals surface area contributed by atoms with Crippen molar-refractivity contribution in [2.24, 2.45) is 0 Å². The van der Waals surface area contributed by atoms with Crippen LogP contribution >= 0.6 is 0 Å². The summed E-state index contributed by atoms with van der Waals surface area (Å²) in [6.45, 7) is 4.25. The van der Waals surface area contributed by atoms with Crippen molar-refractivity contribution < 1.29 is 19.0 Å². The predicted molar refractivity (Wildman–Crippen MR) is 90.3 cm³/mol. The second kappa shape index (κ2) is 7.23. The minimum atomic E-state index is -0.246. The number of ether oxygens (including phenoxy) is 2. The molecule has 1 aliphatic heterocycles. The molecule has 1 aromatic carbocycles. The van der Waals surface area contributed by atoms with E-state index in [1.54, 1.807) is 14.2 Å². The molecule has 6 heteroatoms. The lowest BCUT2D eigenvalue weighted by molar-refractivity contribution is 0.0660. The molecule has 130 valence electrons. The molecule has 1 saturated heterocycles. The number of aromatic nitrogens is 1. The molecule has 0 amide bonds. The van der Waals surface area contributed by atoms with Gasteiger partial charge in [-0.3, -0.25) is 4.90 Å². The molecule has 2 heterocycles. The molecule has 1 aliphatic rings. The van der Waals surface area contributed by atoms with Gasteiger partial charge in [0.1, 0.15) is 17.3 Å². The number of benzene rings is 1. The van der Waals surface area contributed by atoms with Crippen molar-refractivity contribution in [2.45, 2.75) is 32.4 Å². The van der Waals surface area contributed by atoms with E-state index in [1.165, 1.54) is 0 Å². The number of methoxy groups -OCH3 is 2. The summed E-state index contributed by atoms with van der Waals surface area (Å²) in [6, 6.07) is 5.54. The van der Waals surface area contributed by atoms with Crippen LogP contribution in [0, 0.1) is 6.92 Å². The van der Waals surface area contributed by atoms with Gasteiger partial charge in [0, 0.05) is 13.1 Å². The van der Waals surface area contributed by atoms with Crippen LogP contribution in [-0.2, 0) is 6.54 Å². The Labute approximate surface area is 142 Å². The van der Waals surface area contributed by atoms with E-state index in [-0.39, 0.29) is 6.10 Å². The quantitative estimate of drug-likeness (QED) is 0.908. The first-order chi connectivity index (χ1) is 11.6. The van der Waals surface area contributed by atoms with Crippen molar-refractivity contribution in [3.05, 3.63) is 29.7 Å². The van der Waals surface area contributed by atoms with E-state index < -0.39 is 0 Å². The van der Waals surface area contributed by atoms with Crippen LogP contribution in [-0.4, -0.2) is 48.4 Å². The Balaban J connectivity index is 1.86. The summed E-state index contributed by atoms with van der Waals surface area (Å²) in [5.41, 5.74) is 1.66. The third kappa shape index (κ3) is 3.55. The molecule has 3 rings (SSSR count). The zero-order chi connectivity index (χ0) is 17.1. The molecule has 1 unspecified atom stereocenters. The minimum absolute atomic E-state index is 0.246. The monoisotopic (exact) mass is 332 g/mol. The smallest absolute Gasteiger partial charge is 0.230 e. The van der Waals surface area contributed by atoms with Gasteiger partial charge in [-0.1, -0.05) is 0 Å². The van der Waals surface area contributed by atoms with Gasteiger partial charge in [0.2, 0.25) is 5.89 Å². The Morgan fingerprint density at radius 3 is 2.88 bits per heavy atom. The Morgan fingerprint density at radius 1 is 1.33 bits per heavy atom. The van der Waals surface area contributed by atoms with Gasteiger partial charge in [0.05, 0.1) is 31.6 Å². The topological polar surface area (TPSA) is 68.0 Å². The van der Waals surface area contributed by atoms with Gasteiger partial charge >= 0.3 is 0 Å². The van der Waals surface area contributed by atoms with Crippen LogP contribution in [0.5, 0.6) is 11.5 Å². The van der Waals surface area contributed by atoms with Crippen molar-refractivity contribution in [1.82, 2.24) is 9.88 Å². The lowest BCUT2D eigenvalue weighted by Gasteiger charge is -2.29. The van der Waals surface area contributed by atoms with E-state index in [9.17, 15) is 5.11 Å². The molecule has 1 fully saturated rings. The average Bonchev–Trinajstić information content (AvgIpc) is 2.95. The van der Waals surface area contributed by atoms with Gasteiger partial charge in [-0.05, 0) is 44.5 Å². The van der Waals surface area contributed by atoms with E-state index in [0.29, 0.717) is 24.7 Å². The zero-order valence-electron chi connectivity index (χ0n) is 14.4. The number of likely N-dealkylation sites (tertiary alicyclic amines) is 1. The molecule has 0 saturated carbocycles. The summed E-state index contributed by atoms with van der Waals surface area (Å²) in [4.78, 5) is 6.87. The molecule has 0 aliphatic carbocycles. The van der Waals surface area contributed by atoms with Crippen LogP contribution in [0.3, 0.4) is 0 Å². The molecule has 1 aromatic heterocycles. The summed E-state index contributed by atoms with van der Waals surface area (Å²) in [5.74, 6) is 2.73.